The molecule has 8 heteroatoms. The molecule has 1 N–H and O–H groups in total. The van der Waals surface area contributed by atoms with E-state index in [2.05, 4.69) is 10.3 Å². The number of para-hydroxylation sites is 1. The first kappa shape index (κ1) is 18.1. The lowest BCUT2D eigenvalue weighted by molar-refractivity contribution is -0.385. The van der Waals surface area contributed by atoms with E-state index in [-0.39, 0.29) is 18.0 Å². The maximum Gasteiger partial charge on any atom is 0.273 e. The standard InChI is InChI=1S/C19H18N4O4/c1-22-11-10-20-18(22)13-27-16-8-6-15(7-9-16)21-19(24)12-14-4-2-3-5-17(14)23(25)26/h2-11H,12-13H2,1H3,(H,21,24). The molecule has 0 aliphatic heterocycles. The Morgan fingerprint density at radius 1 is 1.22 bits per heavy atom. The van der Waals surface area contributed by atoms with Crippen molar-refractivity contribution in [2.45, 2.75) is 13.0 Å². The number of imidazole rings is 1. The minimum atomic E-state index is -0.490. The quantitative estimate of drug-likeness (QED) is 0.512. The van der Waals surface area contributed by atoms with Crippen LogP contribution in [0.2, 0.25) is 0 Å². The molecule has 0 fully saturated rings. The predicted octanol–water partition coefficient (Wildman–Crippen LogP) is 3.09. The lowest BCUT2D eigenvalue weighted by Gasteiger charge is -2.09. The molecule has 138 valence electrons. The lowest BCUT2D eigenvalue weighted by atomic mass is 10.1. The van der Waals surface area contributed by atoms with E-state index in [4.69, 9.17) is 4.74 Å². The van der Waals surface area contributed by atoms with Gasteiger partial charge in [0, 0.05) is 36.8 Å². The second-order valence-electron chi connectivity index (χ2n) is 5.88. The molecule has 0 spiro atoms. The van der Waals surface area contributed by atoms with Crippen LogP contribution in [-0.2, 0) is 24.9 Å². The smallest absolute Gasteiger partial charge is 0.273 e. The van der Waals surface area contributed by atoms with Crippen molar-refractivity contribution < 1.29 is 14.5 Å². The first-order valence-electron chi connectivity index (χ1n) is 8.24. The molecule has 0 atom stereocenters. The average molecular weight is 366 g/mol. The van der Waals surface area contributed by atoms with E-state index >= 15 is 0 Å². The van der Waals surface area contributed by atoms with Crippen LogP contribution in [0.25, 0.3) is 0 Å². The second-order valence-corrected chi connectivity index (χ2v) is 5.88. The Hall–Kier alpha value is -3.68. The molecule has 8 nitrogen and oxygen atoms in total. The van der Waals surface area contributed by atoms with Crippen LogP contribution in [0.4, 0.5) is 11.4 Å². The van der Waals surface area contributed by atoms with Crippen LogP contribution in [0, 0.1) is 10.1 Å². The highest BCUT2D eigenvalue weighted by atomic mass is 16.6. The van der Waals surface area contributed by atoms with Gasteiger partial charge in [0.15, 0.2) is 0 Å². The highest BCUT2D eigenvalue weighted by Crippen LogP contribution is 2.20. The van der Waals surface area contributed by atoms with Gasteiger partial charge < -0.3 is 14.6 Å². The van der Waals surface area contributed by atoms with Crippen LogP contribution in [-0.4, -0.2) is 20.4 Å². The Morgan fingerprint density at radius 2 is 1.96 bits per heavy atom. The summed E-state index contributed by atoms with van der Waals surface area (Å²) in [6.07, 6.45) is 3.47. The van der Waals surface area contributed by atoms with Crippen LogP contribution >= 0.6 is 0 Å². The predicted molar refractivity (Wildman–Crippen MR) is 99.4 cm³/mol. The number of aromatic nitrogens is 2. The topological polar surface area (TPSA) is 99.3 Å². The number of ether oxygens (including phenoxy) is 1. The highest BCUT2D eigenvalue weighted by Gasteiger charge is 2.15. The van der Waals surface area contributed by atoms with Gasteiger partial charge in [0.25, 0.3) is 5.69 Å². The highest BCUT2D eigenvalue weighted by molar-refractivity contribution is 5.92. The van der Waals surface area contributed by atoms with E-state index in [1.54, 1.807) is 48.7 Å². The van der Waals surface area contributed by atoms with Crippen LogP contribution in [0.1, 0.15) is 11.4 Å². The number of rotatable bonds is 7. The van der Waals surface area contributed by atoms with Crippen molar-refractivity contribution in [1.82, 2.24) is 9.55 Å². The van der Waals surface area contributed by atoms with Gasteiger partial charge in [-0.3, -0.25) is 14.9 Å². The third-order valence-electron chi connectivity index (χ3n) is 3.97. The molecule has 0 radical (unpaired) electrons. The molecule has 1 amide bonds. The molecule has 0 aliphatic carbocycles. The first-order valence-corrected chi connectivity index (χ1v) is 8.24. The number of carbonyl (C=O) groups is 1. The summed E-state index contributed by atoms with van der Waals surface area (Å²) >= 11 is 0. The minimum Gasteiger partial charge on any atom is -0.486 e. The third-order valence-corrected chi connectivity index (χ3v) is 3.97. The number of nitro benzene ring substituents is 1. The van der Waals surface area contributed by atoms with E-state index in [1.807, 2.05) is 17.8 Å². The Morgan fingerprint density at radius 3 is 2.63 bits per heavy atom. The van der Waals surface area contributed by atoms with Crippen LogP contribution in [0.5, 0.6) is 5.75 Å². The zero-order valence-electron chi connectivity index (χ0n) is 14.7. The molecule has 1 aromatic heterocycles. The molecular weight excluding hydrogens is 348 g/mol. The van der Waals surface area contributed by atoms with Gasteiger partial charge in [-0.15, -0.1) is 0 Å². The number of nitrogens with one attached hydrogen (secondary N) is 1. The Balaban J connectivity index is 1.57. The molecule has 0 unspecified atom stereocenters. The fourth-order valence-electron chi connectivity index (χ4n) is 2.53. The summed E-state index contributed by atoms with van der Waals surface area (Å²) in [6, 6.07) is 13.1. The summed E-state index contributed by atoms with van der Waals surface area (Å²) in [4.78, 5) is 26.9. The molecule has 0 aliphatic rings. The Labute approximate surface area is 155 Å². The van der Waals surface area contributed by atoms with Crippen molar-refractivity contribution in [2.24, 2.45) is 7.05 Å². The van der Waals surface area contributed by atoms with Crippen molar-refractivity contribution >= 4 is 17.3 Å². The molecular formula is C19H18N4O4. The molecule has 0 saturated carbocycles. The van der Waals surface area contributed by atoms with Gasteiger partial charge in [0.2, 0.25) is 5.91 Å². The summed E-state index contributed by atoms with van der Waals surface area (Å²) < 4.78 is 7.53. The molecule has 3 aromatic rings. The summed E-state index contributed by atoms with van der Waals surface area (Å²) in [6.45, 7) is 0.340. The first-order chi connectivity index (χ1) is 13.0. The van der Waals surface area contributed by atoms with Gasteiger partial charge in [-0.1, -0.05) is 18.2 Å². The van der Waals surface area contributed by atoms with E-state index < -0.39 is 4.92 Å². The number of amides is 1. The molecule has 27 heavy (non-hydrogen) atoms. The number of nitro groups is 1. The normalized spacial score (nSPS) is 10.4. The number of benzene rings is 2. The molecule has 3 rings (SSSR count). The van der Waals surface area contributed by atoms with Gasteiger partial charge in [-0.05, 0) is 24.3 Å². The maximum atomic E-state index is 12.2. The van der Waals surface area contributed by atoms with Crippen molar-refractivity contribution in [3.63, 3.8) is 0 Å². The Bertz CT molecular complexity index is 950. The summed E-state index contributed by atoms with van der Waals surface area (Å²) in [5.74, 6) is 1.12. The number of nitrogens with zero attached hydrogens (tertiary/aromatic N) is 3. The number of hydrogen-bond donors (Lipinski definition) is 1. The van der Waals surface area contributed by atoms with Crippen molar-refractivity contribution in [3.8, 4) is 5.75 Å². The van der Waals surface area contributed by atoms with Crippen molar-refractivity contribution in [1.29, 1.82) is 0 Å². The fraction of sp³-hybridized carbons (Fsp3) is 0.158. The van der Waals surface area contributed by atoms with E-state index in [0.29, 0.717) is 23.6 Å². The van der Waals surface area contributed by atoms with Gasteiger partial charge in [0.05, 0.1) is 11.3 Å². The van der Waals surface area contributed by atoms with Crippen LogP contribution < -0.4 is 10.1 Å². The van der Waals surface area contributed by atoms with Crippen LogP contribution in [0.15, 0.2) is 60.9 Å². The second kappa shape index (κ2) is 8.13. The largest absolute Gasteiger partial charge is 0.486 e. The monoisotopic (exact) mass is 366 g/mol. The summed E-state index contributed by atoms with van der Waals surface area (Å²) in [5.41, 5.74) is 0.892. The van der Waals surface area contributed by atoms with Gasteiger partial charge in [-0.2, -0.15) is 0 Å². The van der Waals surface area contributed by atoms with E-state index in [0.717, 1.165) is 5.82 Å². The number of anilines is 1. The summed E-state index contributed by atoms with van der Waals surface area (Å²) in [7, 11) is 1.89. The van der Waals surface area contributed by atoms with Crippen LogP contribution in [0.3, 0.4) is 0 Å². The molecule has 2 aromatic carbocycles. The average Bonchev–Trinajstić information content (AvgIpc) is 3.06. The van der Waals surface area contributed by atoms with Gasteiger partial charge >= 0.3 is 0 Å². The zero-order chi connectivity index (χ0) is 19.2. The molecule has 0 bridgehead atoms. The van der Waals surface area contributed by atoms with Gasteiger partial charge in [-0.25, -0.2) is 4.98 Å². The number of aryl methyl sites for hydroxylation is 1. The maximum absolute atomic E-state index is 12.2. The van der Waals surface area contributed by atoms with Gasteiger partial charge in [0.1, 0.15) is 18.2 Å². The zero-order valence-corrected chi connectivity index (χ0v) is 14.7. The minimum absolute atomic E-state index is 0.0642. The number of carbonyl (C=O) groups excluding carboxylic acids is 1. The third kappa shape index (κ3) is 4.69. The van der Waals surface area contributed by atoms with E-state index in [1.165, 1.54) is 6.07 Å². The number of hydrogen-bond acceptors (Lipinski definition) is 5. The molecule has 0 saturated heterocycles. The fourth-order valence-corrected chi connectivity index (χ4v) is 2.53. The lowest BCUT2D eigenvalue weighted by Crippen LogP contribution is -2.15. The van der Waals surface area contributed by atoms with E-state index in [9.17, 15) is 14.9 Å². The summed E-state index contributed by atoms with van der Waals surface area (Å²) in [5, 5.41) is 13.7. The Kier molecular flexibility index (Phi) is 5.46. The van der Waals surface area contributed by atoms with Crippen molar-refractivity contribution in [2.75, 3.05) is 5.32 Å². The SMILES string of the molecule is Cn1ccnc1COc1ccc(NC(=O)Cc2ccccc2[N+](=O)[O-])cc1. The molecule has 1 heterocycles. The van der Waals surface area contributed by atoms with Crippen molar-refractivity contribution in [3.05, 3.63) is 82.4 Å².